The highest BCUT2D eigenvalue weighted by Gasteiger charge is 2.12. The number of pyridine rings is 1. The number of carbonyl (C=O) groups excluding carboxylic acids is 2. The number of ether oxygens (including phenoxy) is 2. The lowest BCUT2D eigenvalue weighted by molar-refractivity contribution is -0.145. The van der Waals surface area contributed by atoms with Crippen molar-refractivity contribution in [1.82, 2.24) is 4.57 Å². The summed E-state index contributed by atoms with van der Waals surface area (Å²) in [6.45, 7) is 1.58. The largest absolute Gasteiger partial charge is 0.481 e. The smallest absolute Gasteiger partial charge is 0.344 e. The summed E-state index contributed by atoms with van der Waals surface area (Å²) in [6, 6.07) is 13.3. The molecule has 1 amide bonds. The van der Waals surface area contributed by atoms with Crippen molar-refractivity contribution in [3.63, 3.8) is 0 Å². The van der Waals surface area contributed by atoms with Crippen LogP contribution in [-0.4, -0.2) is 29.7 Å². The van der Waals surface area contributed by atoms with E-state index in [0.29, 0.717) is 27.2 Å². The van der Waals surface area contributed by atoms with Gasteiger partial charge in [0.2, 0.25) is 5.91 Å². The van der Waals surface area contributed by atoms with Crippen molar-refractivity contribution in [3.05, 3.63) is 70.1 Å². The molecular weight excluding hydrogens is 396 g/mol. The molecule has 0 aliphatic heterocycles. The van der Waals surface area contributed by atoms with Crippen LogP contribution in [0.4, 0.5) is 5.69 Å². The van der Waals surface area contributed by atoms with Gasteiger partial charge in [-0.2, -0.15) is 0 Å². The number of hydrogen-bond donors (Lipinski definition) is 1. The monoisotopic (exact) mass is 414 g/mol. The van der Waals surface area contributed by atoms with Gasteiger partial charge in [-0.1, -0.05) is 17.7 Å². The number of halogens is 1. The van der Waals surface area contributed by atoms with E-state index in [1.807, 2.05) is 0 Å². The number of nitrogens with zero attached hydrogens (tertiary/aromatic N) is 1. The van der Waals surface area contributed by atoms with Crippen LogP contribution >= 0.6 is 11.6 Å². The van der Waals surface area contributed by atoms with Crippen molar-refractivity contribution in [2.75, 3.05) is 18.5 Å². The zero-order valence-electron chi connectivity index (χ0n) is 15.7. The Hall–Kier alpha value is -3.32. The lowest BCUT2D eigenvalue weighted by Crippen LogP contribution is -2.27. The van der Waals surface area contributed by atoms with Crippen LogP contribution in [0.15, 0.2) is 59.5 Å². The van der Waals surface area contributed by atoms with Crippen molar-refractivity contribution in [2.45, 2.75) is 13.5 Å². The fourth-order valence-corrected chi connectivity index (χ4v) is 2.89. The Labute approximate surface area is 171 Å². The lowest BCUT2D eigenvalue weighted by Gasteiger charge is -2.11. The standard InChI is InChI=1S/C21H19ClN2O5/c1-2-28-20(26)13-29-18-5-3-4-17-16(18)10-11-24(21(17)27)12-19(25)23-15-8-6-14(22)7-9-15/h3-11H,2,12-13H2,1H3,(H,23,25). The van der Waals surface area contributed by atoms with E-state index in [1.54, 1.807) is 55.5 Å². The summed E-state index contributed by atoms with van der Waals surface area (Å²) in [5.74, 6) is -0.439. The van der Waals surface area contributed by atoms with Crippen LogP contribution < -0.4 is 15.6 Å². The number of hydrogen-bond acceptors (Lipinski definition) is 5. The molecular formula is C21H19ClN2O5. The molecule has 3 rings (SSSR count). The molecule has 0 spiro atoms. The average Bonchev–Trinajstić information content (AvgIpc) is 2.70. The van der Waals surface area contributed by atoms with Crippen molar-refractivity contribution in [1.29, 1.82) is 0 Å². The molecule has 0 aliphatic carbocycles. The molecule has 29 heavy (non-hydrogen) atoms. The fourth-order valence-electron chi connectivity index (χ4n) is 2.77. The van der Waals surface area contributed by atoms with E-state index in [1.165, 1.54) is 10.8 Å². The Balaban J connectivity index is 1.77. The second-order valence-corrected chi connectivity index (χ2v) is 6.55. The molecule has 7 nitrogen and oxygen atoms in total. The van der Waals surface area contributed by atoms with Crippen LogP contribution in [0, 0.1) is 0 Å². The summed E-state index contributed by atoms with van der Waals surface area (Å²) in [7, 11) is 0. The van der Waals surface area contributed by atoms with Gasteiger partial charge in [-0.15, -0.1) is 0 Å². The third-order valence-electron chi connectivity index (χ3n) is 4.07. The van der Waals surface area contributed by atoms with Gasteiger partial charge >= 0.3 is 5.97 Å². The van der Waals surface area contributed by atoms with E-state index in [9.17, 15) is 14.4 Å². The number of carbonyl (C=O) groups is 2. The summed E-state index contributed by atoms with van der Waals surface area (Å²) >= 11 is 5.83. The molecule has 1 N–H and O–H groups in total. The molecule has 0 atom stereocenters. The fraction of sp³-hybridized carbons (Fsp3) is 0.190. The SMILES string of the molecule is CCOC(=O)COc1cccc2c(=O)n(CC(=O)Nc3ccc(Cl)cc3)ccc12. The zero-order valence-corrected chi connectivity index (χ0v) is 16.4. The van der Waals surface area contributed by atoms with E-state index in [2.05, 4.69) is 5.32 Å². The number of esters is 1. The van der Waals surface area contributed by atoms with Gasteiger partial charge in [-0.3, -0.25) is 9.59 Å². The Morgan fingerprint density at radius 2 is 1.83 bits per heavy atom. The van der Waals surface area contributed by atoms with Crippen LogP contribution in [0.3, 0.4) is 0 Å². The second kappa shape index (κ2) is 9.25. The maximum atomic E-state index is 12.8. The molecule has 1 heterocycles. The summed E-state index contributed by atoms with van der Waals surface area (Å²) in [5, 5.41) is 4.21. The topological polar surface area (TPSA) is 86.6 Å². The van der Waals surface area contributed by atoms with Gasteiger partial charge in [0.1, 0.15) is 12.3 Å². The molecule has 0 aliphatic rings. The van der Waals surface area contributed by atoms with E-state index < -0.39 is 5.97 Å². The Morgan fingerprint density at radius 1 is 1.07 bits per heavy atom. The highest BCUT2D eigenvalue weighted by molar-refractivity contribution is 6.30. The molecule has 8 heteroatoms. The first-order chi connectivity index (χ1) is 14.0. The number of nitrogens with one attached hydrogen (secondary N) is 1. The first kappa shape index (κ1) is 20.4. The number of rotatable bonds is 7. The van der Waals surface area contributed by atoms with Gasteiger partial charge in [0.05, 0.1) is 12.0 Å². The molecule has 0 unspecified atom stereocenters. The van der Waals surface area contributed by atoms with Crippen LogP contribution in [-0.2, 0) is 20.9 Å². The highest BCUT2D eigenvalue weighted by atomic mass is 35.5. The lowest BCUT2D eigenvalue weighted by atomic mass is 10.1. The van der Waals surface area contributed by atoms with E-state index >= 15 is 0 Å². The normalized spacial score (nSPS) is 10.6. The Morgan fingerprint density at radius 3 is 2.55 bits per heavy atom. The number of anilines is 1. The number of benzene rings is 2. The summed E-state index contributed by atoms with van der Waals surface area (Å²) in [4.78, 5) is 36.6. The molecule has 2 aromatic carbocycles. The van der Waals surface area contributed by atoms with Gasteiger partial charge in [-0.25, -0.2) is 4.79 Å². The number of aromatic nitrogens is 1. The van der Waals surface area contributed by atoms with Crippen molar-refractivity contribution in [3.8, 4) is 5.75 Å². The van der Waals surface area contributed by atoms with Crippen molar-refractivity contribution < 1.29 is 19.1 Å². The summed E-state index contributed by atoms with van der Waals surface area (Å²) < 4.78 is 11.6. The van der Waals surface area contributed by atoms with Gasteiger partial charge in [-0.05, 0) is 49.4 Å². The Kier molecular flexibility index (Phi) is 6.51. The van der Waals surface area contributed by atoms with Gasteiger partial charge in [0.15, 0.2) is 6.61 Å². The van der Waals surface area contributed by atoms with Crippen LogP contribution in [0.2, 0.25) is 5.02 Å². The Bertz CT molecular complexity index is 1090. The predicted molar refractivity (Wildman–Crippen MR) is 110 cm³/mol. The molecule has 150 valence electrons. The minimum Gasteiger partial charge on any atom is -0.481 e. The second-order valence-electron chi connectivity index (χ2n) is 6.11. The number of amides is 1. The molecule has 0 saturated heterocycles. The average molecular weight is 415 g/mol. The first-order valence-corrected chi connectivity index (χ1v) is 9.31. The zero-order chi connectivity index (χ0) is 20.8. The van der Waals surface area contributed by atoms with E-state index in [-0.39, 0.29) is 31.2 Å². The van der Waals surface area contributed by atoms with Gasteiger partial charge in [0, 0.05) is 22.3 Å². The minimum atomic E-state index is -0.489. The third kappa shape index (κ3) is 5.14. The maximum absolute atomic E-state index is 12.8. The van der Waals surface area contributed by atoms with E-state index in [0.717, 1.165) is 0 Å². The molecule has 0 radical (unpaired) electrons. The number of fused-ring (bicyclic) bond motifs is 1. The van der Waals surface area contributed by atoms with Crippen LogP contribution in [0.5, 0.6) is 5.75 Å². The van der Waals surface area contributed by atoms with Crippen molar-refractivity contribution in [2.24, 2.45) is 0 Å². The van der Waals surface area contributed by atoms with Crippen LogP contribution in [0.25, 0.3) is 10.8 Å². The molecule has 3 aromatic rings. The predicted octanol–water partition coefficient (Wildman–Crippen LogP) is 3.24. The van der Waals surface area contributed by atoms with Gasteiger partial charge < -0.3 is 19.4 Å². The molecule has 0 fully saturated rings. The van der Waals surface area contributed by atoms with Crippen LogP contribution in [0.1, 0.15) is 6.92 Å². The first-order valence-electron chi connectivity index (χ1n) is 8.94. The minimum absolute atomic E-state index is 0.148. The quantitative estimate of drug-likeness (QED) is 0.600. The van der Waals surface area contributed by atoms with E-state index in [4.69, 9.17) is 21.1 Å². The third-order valence-corrected chi connectivity index (χ3v) is 4.32. The summed E-state index contributed by atoms with van der Waals surface area (Å²) in [5.41, 5.74) is 0.248. The van der Waals surface area contributed by atoms with Gasteiger partial charge in [0.25, 0.3) is 5.56 Å². The summed E-state index contributed by atoms with van der Waals surface area (Å²) in [6.07, 6.45) is 1.52. The highest BCUT2D eigenvalue weighted by Crippen LogP contribution is 2.23. The molecule has 1 aromatic heterocycles. The van der Waals surface area contributed by atoms with Crippen molar-refractivity contribution >= 4 is 39.9 Å². The molecule has 0 saturated carbocycles. The molecule has 0 bridgehead atoms. The maximum Gasteiger partial charge on any atom is 0.344 e.